The molecule has 27 heavy (non-hydrogen) atoms. The van der Waals surface area contributed by atoms with Gasteiger partial charge in [-0.3, -0.25) is 4.79 Å². The first-order chi connectivity index (χ1) is 12.8. The van der Waals surface area contributed by atoms with Crippen molar-refractivity contribution in [2.45, 2.75) is 45.4 Å². The van der Waals surface area contributed by atoms with Crippen LogP contribution in [0.3, 0.4) is 0 Å². The van der Waals surface area contributed by atoms with Gasteiger partial charge in [-0.05, 0) is 54.0 Å². The van der Waals surface area contributed by atoms with Crippen LogP contribution in [0.5, 0.6) is 5.75 Å². The van der Waals surface area contributed by atoms with Crippen LogP contribution in [0.1, 0.15) is 55.1 Å². The summed E-state index contributed by atoms with van der Waals surface area (Å²) in [7, 11) is 3.75. The summed E-state index contributed by atoms with van der Waals surface area (Å²) < 4.78 is 5.56. The van der Waals surface area contributed by atoms with E-state index >= 15 is 0 Å². The van der Waals surface area contributed by atoms with Crippen LogP contribution in [-0.4, -0.2) is 26.6 Å². The Morgan fingerprint density at radius 2 is 1.81 bits per heavy atom. The van der Waals surface area contributed by atoms with Gasteiger partial charge in [0.15, 0.2) is 0 Å². The number of methoxy groups -OCH3 is 1. The Bertz CT molecular complexity index is 820. The standard InChI is InChI=1S/C23H30N2O2/c1-23(2,3)18-11-9-16(10-12-18)22(26)24-19-14-17-8-6-7-13-25(4)20(17)15-21(19)27-5/h9-12,14-15H,6-8,13H2,1-5H3,(H,24,26). The molecule has 0 bridgehead atoms. The number of benzene rings is 2. The second kappa shape index (κ2) is 7.63. The van der Waals surface area contributed by atoms with Crippen LogP contribution in [0, 0.1) is 0 Å². The van der Waals surface area contributed by atoms with Crippen molar-refractivity contribution in [3.63, 3.8) is 0 Å². The van der Waals surface area contributed by atoms with Crippen molar-refractivity contribution >= 4 is 17.3 Å². The maximum absolute atomic E-state index is 12.8. The molecule has 0 unspecified atom stereocenters. The lowest BCUT2D eigenvalue weighted by atomic mass is 9.87. The maximum atomic E-state index is 12.8. The molecule has 1 aliphatic heterocycles. The molecular weight excluding hydrogens is 336 g/mol. The Morgan fingerprint density at radius 1 is 1.11 bits per heavy atom. The highest BCUT2D eigenvalue weighted by Gasteiger charge is 2.19. The van der Waals surface area contributed by atoms with Crippen LogP contribution in [0.25, 0.3) is 0 Å². The van der Waals surface area contributed by atoms with E-state index in [0.29, 0.717) is 11.3 Å². The minimum absolute atomic E-state index is 0.0707. The number of nitrogens with zero attached hydrogens (tertiary/aromatic N) is 1. The van der Waals surface area contributed by atoms with Crippen molar-refractivity contribution < 1.29 is 9.53 Å². The highest BCUT2D eigenvalue weighted by Crippen LogP contribution is 2.36. The van der Waals surface area contributed by atoms with E-state index < -0.39 is 0 Å². The fraction of sp³-hybridized carbons (Fsp3) is 0.435. The molecule has 0 aliphatic carbocycles. The molecule has 0 saturated heterocycles. The Morgan fingerprint density at radius 3 is 2.44 bits per heavy atom. The predicted octanol–water partition coefficient (Wildman–Crippen LogP) is 5.02. The Labute approximate surface area is 162 Å². The number of fused-ring (bicyclic) bond motifs is 1. The molecule has 1 heterocycles. The second-order valence-corrected chi connectivity index (χ2v) is 8.34. The average Bonchev–Trinajstić information content (AvgIpc) is 2.81. The number of carbonyl (C=O) groups is 1. The molecular formula is C23H30N2O2. The van der Waals surface area contributed by atoms with Crippen LogP contribution in [-0.2, 0) is 11.8 Å². The lowest BCUT2D eigenvalue weighted by molar-refractivity contribution is 0.102. The quantitative estimate of drug-likeness (QED) is 0.829. The fourth-order valence-electron chi connectivity index (χ4n) is 3.54. The summed E-state index contributed by atoms with van der Waals surface area (Å²) in [4.78, 5) is 15.0. The van der Waals surface area contributed by atoms with E-state index in [1.165, 1.54) is 23.2 Å². The normalized spacial score (nSPS) is 14.3. The molecule has 0 aromatic heterocycles. The van der Waals surface area contributed by atoms with Crippen molar-refractivity contribution in [1.82, 2.24) is 0 Å². The topological polar surface area (TPSA) is 41.6 Å². The summed E-state index contributed by atoms with van der Waals surface area (Å²) in [5.41, 5.74) is 5.12. The molecule has 1 aliphatic rings. The third kappa shape index (κ3) is 4.26. The minimum Gasteiger partial charge on any atom is -0.494 e. The van der Waals surface area contributed by atoms with E-state index in [9.17, 15) is 4.79 Å². The van der Waals surface area contributed by atoms with Gasteiger partial charge >= 0.3 is 0 Å². The summed E-state index contributed by atoms with van der Waals surface area (Å²) in [6.45, 7) is 7.54. The fourth-order valence-corrected chi connectivity index (χ4v) is 3.54. The third-order valence-corrected chi connectivity index (χ3v) is 5.26. The van der Waals surface area contributed by atoms with Crippen LogP contribution in [0.2, 0.25) is 0 Å². The first kappa shape index (κ1) is 19.3. The number of hydrogen-bond acceptors (Lipinski definition) is 3. The summed E-state index contributed by atoms with van der Waals surface area (Å²) >= 11 is 0. The SMILES string of the molecule is COc1cc2c(cc1NC(=O)c1ccc(C(C)(C)C)cc1)CCCCN2C. The molecule has 0 radical (unpaired) electrons. The minimum atomic E-state index is -0.115. The molecule has 0 spiro atoms. The Balaban J connectivity index is 1.86. The van der Waals surface area contributed by atoms with Gasteiger partial charge in [0, 0.05) is 30.9 Å². The largest absolute Gasteiger partial charge is 0.494 e. The number of ether oxygens (including phenoxy) is 1. The first-order valence-corrected chi connectivity index (χ1v) is 9.63. The Hall–Kier alpha value is -2.49. The lowest BCUT2D eigenvalue weighted by Crippen LogP contribution is -2.18. The number of amides is 1. The van der Waals surface area contributed by atoms with Gasteiger partial charge in [0.25, 0.3) is 5.91 Å². The zero-order valence-electron chi connectivity index (χ0n) is 17.1. The number of nitrogens with one attached hydrogen (secondary N) is 1. The molecule has 0 fully saturated rings. The number of hydrogen-bond donors (Lipinski definition) is 1. The van der Waals surface area contributed by atoms with Gasteiger partial charge in [0.1, 0.15) is 5.75 Å². The molecule has 0 atom stereocenters. The zero-order valence-corrected chi connectivity index (χ0v) is 17.1. The van der Waals surface area contributed by atoms with E-state index in [-0.39, 0.29) is 11.3 Å². The van der Waals surface area contributed by atoms with Crippen LogP contribution in [0.4, 0.5) is 11.4 Å². The van der Waals surface area contributed by atoms with E-state index in [4.69, 9.17) is 4.74 Å². The predicted molar refractivity (Wildman–Crippen MR) is 112 cm³/mol. The van der Waals surface area contributed by atoms with Crippen LogP contribution >= 0.6 is 0 Å². The van der Waals surface area contributed by atoms with Gasteiger partial charge in [0.2, 0.25) is 0 Å². The summed E-state index contributed by atoms with van der Waals surface area (Å²) in [6, 6.07) is 11.9. The van der Waals surface area contributed by atoms with Crippen molar-refractivity contribution in [1.29, 1.82) is 0 Å². The Kier molecular flexibility index (Phi) is 5.45. The van der Waals surface area contributed by atoms with Crippen LogP contribution < -0.4 is 15.0 Å². The molecule has 2 aromatic carbocycles. The molecule has 2 aromatic rings. The van der Waals surface area contributed by atoms with Gasteiger partial charge < -0.3 is 15.0 Å². The molecule has 1 amide bonds. The molecule has 4 heteroatoms. The van der Waals surface area contributed by atoms with Gasteiger partial charge in [-0.2, -0.15) is 0 Å². The zero-order chi connectivity index (χ0) is 19.6. The molecule has 1 N–H and O–H groups in total. The number of carbonyl (C=O) groups excluding carboxylic acids is 1. The van der Waals surface area contributed by atoms with Crippen molar-refractivity contribution in [2.24, 2.45) is 0 Å². The number of rotatable bonds is 3. The van der Waals surface area contributed by atoms with Gasteiger partial charge in [0.05, 0.1) is 12.8 Å². The molecule has 0 saturated carbocycles. The highest BCUT2D eigenvalue weighted by atomic mass is 16.5. The number of aryl methyl sites for hydroxylation is 1. The van der Waals surface area contributed by atoms with Gasteiger partial charge in [-0.1, -0.05) is 32.9 Å². The summed E-state index contributed by atoms with van der Waals surface area (Å²) in [6.07, 6.45) is 3.35. The lowest BCUT2D eigenvalue weighted by Gasteiger charge is -2.22. The number of anilines is 2. The average molecular weight is 367 g/mol. The molecule has 4 nitrogen and oxygen atoms in total. The van der Waals surface area contributed by atoms with Gasteiger partial charge in [-0.25, -0.2) is 0 Å². The van der Waals surface area contributed by atoms with E-state index in [0.717, 1.165) is 25.1 Å². The third-order valence-electron chi connectivity index (χ3n) is 5.26. The van der Waals surface area contributed by atoms with Gasteiger partial charge in [-0.15, -0.1) is 0 Å². The summed E-state index contributed by atoms with van der Waals surface area (Å²) in [5.74, 6) is 0.581. The van der Waals surface area contributed by atoms with Crippen molar-refractivity contribution in [2.75, 3.05) is 30.9 Å². The van der Waals surface area contributed by atoms with E-state index in [1.54, 1.807) is 7.11 Å². The van der Waals surface area contributed by atoms with Crippen molar-refractivity contribution in [3.05, 3.63) is 53.1 Å². The first-order valence-electron chi connectivity index (χ1n) is 9.63. The highest BCUT2D eigenvalue weighted by molar-refractivity contribution is 6.05. The van der Waals surface area contributed by atoms with E-state index in [1.807, 2.05) is 30.3 Å². The maximum Gasteiger partial charge on any atom is 0.255 e. The van der Waals surface area contributed by atoms with Crippen molar-refractivity contribution in [3.8, 4) is 5.75 Å². The second-order valence-electron chi connectivity index (χ2n) is 8.34. The summed E-state index contributed by atoms with van der Waals surface area (Å²) in [5, 5.41) is 3.04. The van der Waals surface area contributed by atoms with E-state index in [2.05, 4.69) is 44.1 Å². The molecule has 144 valence electrons. The smallest absolute Gasteiger partial charge is 0.255 e. The molecule has 3 rings (SSSR count). The monoisotopic (exact) mass is 366 g/mol. The van der Waals surface area contributed by atoms with Crippen LogP contribution in [0.15, 0.2) is 36.4 Å².